The Morgan fingerprint density at radius 3 is 1.85 bits per heavy atom. The number of hydrogen-bond acceptors (Lipinski definition) is 6. The fraction of sp³-hybridized carbons (Fsp3) is 0.241. The van der Waals surface area contributed by atoms with Crippen LogP contribution in [0.2, 0.25) is 0 Å². The lowest BCUT2D eigenvalue weighted by Crippen LogP contribution is -3.00. The second-order valence-corrected chi connectivity index (χ2v) is 14.0. The van der Waals surface area contributed by atoms with Gasteiger partial charge in [-0.2, -0.15) is 0 Å². The van der Waals surface area contributed by atoms with Crippen LogP contribution in [0.3, 0.4) is 0 Å². The number of halogens is 1. The Balaban J connectivity index is 0.00000441. The Bertz CT molecular complexity index is 1220. The summed E-state index contributed by atoms with van der Waals surface area (Å²) < 4.78 is 0. The molecule has 0 aliphatic carbocycles. The van der Waals surface area contributed by atoms with Crippen molar-refractivity contribution in [3.05, 3.63) is 91.0 Å². The molecule has 3 aromatic rings. The van der Waals surface area contributed by atoms with Crippen molar-refractivity contribution in [2.75, 3.05) is 25.0 Å². The largest absolute Gasteiger partial charge is 1.00 e. The predicted octanol–water partition coefficient (Wildman–Crippen LogP) is -1.63. The number of benzene rings is 3. The number of rotatable bonds is 12. The number of carboxylic acids is 1. The second kappa shape index (κ2) is 14.6. The molecule has 1 unspecified atom stereocenters. The highest BCUT2D eigenvalue weighted by atomic mass is 79.9. The minimum Gasteiger partial charge on any atom is -1.00 e. The van der Waals surface area contributed by atoms with E-state index < -0.39 is 37.0 Å². The molecule has 0 saturated carbocycles. The summed E-state index contributed by atoms with van der Waals surface area (Å²) >= 11 is 1.16. The fourth-order valence-corrected chi connectivity index (χ4v) is 10.1. The number of imide groups is 1. The van der Waals surface area contributed by atoms with Gasteiger partial charge in [0.15, 0.2) is 0 Å². The van der Waals surface area contributed by atoms with Gasteiger partial charge in [-0.15, -0.1) is 11.8 Å². The molecule has 4 N–H and O–H groups in total. The fourth-order valence-electron chi connectivity index (χ4n) is 4.74. The monoisotopic (exact) mass is 643 g/mol. The van der Waals surface area contributed by atoms with Crippen LogP contribution in [-0.2, 0) is 19.2 Å². The zero-order chi connectivity index (χ0) is 27.8. The molecule has 1 fully saturated rings. The number of thioether (sulfide) groups is 1. The van der Waals surface area contributed by atoms with Crippen LogP contribution in [0.1, 0.15) is 6.42 Å². The van der Waals surface area contributed by atoms with Crippen molar-refractivity contribution in [1.82, 2.24) is 10.2 Å². The van der Waals surface area contributed by atoms with Gasteiger partial charge in [-0.05, 0) is 36.4 Å². The second-order valence-electron chi connectivity index (χ2n) is 9.17. The summed E-state index contributed by atoms with van der Waals surface area (Å²) in [5, 5.41) is 13.8. The highest BCUT2D eigenvalue weighted by Gasteiger charge is 2.47. The summed E-state index contributed by atoms with van der Waals surface area (Å²) in [6.07, 6.45) is 0.636. The number of likely N-dealkylation sites (tertiary alicyclic amines) is 1. The highest BCUT2D eigenvalue weighted by molar-refractivity contribution is 8.00. The first-order valence-electron chi connectivity index (χ1n) is 12.6. The zero-order valence-electron chi connectivity index (χ0n) is 21.7. The van der Waals surface area contributed by atoms with E-state index in [1.165, 1.54) is 20.8 Å². The highest BCUT2D eigenvalue weighted by Crippen LogP contribution is 2.55. The molecule has 1 aliphatic rings. The third-order valence-corrected chi connectivity index (χ3v) is 12.4. The molecule has 0 spiro atoms. The Labute approximate surface area is 248 Å². The molecule has 0 aromatic heterocycles. The number of carbonyl (C=O) groups is 4. The third kappa shape index (κ3) is 7.18. The predicted molar refractivity (Wildman–Crippen MR) is 156 cm³/mol. The van der Waals surface area contributed by atoms with Crippen molar-refractivity contribution in [2.45, 2.75) is 17.7 Å². The Morgan fingerprint density at radius 1 is 0.925 bits per heavy atom. The van der Waals surface area contributed by atoms with Gasteiger partial charge in [-0.3, -0.25) is 24.1 Å². The van der Waals surface area contributed by atoms with E-state index in [9.17, 15) is 19.2 Å². The van der Waals surface area contributed by atoms with Crippen LogP contribution in [0.25, 0.3) is 0 Å². The van der Waals surface area contributed by atoms with Crippen molar-refractivity contribution in [3.63, 3.8) is 0 Å². The summed E-state index contributed by atoms with van der Waals surface area (Å²) in [6.45, 7) is -0.257. The van der Waals surface area contributed by atoms with E-state index in [2.05, 4.69) is 41.7 Å². The summed E-state index contributed by atoms with van der Waals surface area (Å²) in [5.74, 6) is -2.21. The molecule has 3 amide bonds. The lowest BCUT2D eigenvalue weighted by Gasteiger charge is -2.29. The number of carboxylic acid groups (broad SMARTS) is 1. The van der Waals surface area contributed by atoms with Gasteiger partial charge in [0.25, 0.3) is 0 Å². The maximum Gasteiger partial charge on any atom is 0.322 e. The SMILES string of the molecule is N[C@@H](CSC1CC(=O)N(CC[P+](c2ccccc2)(c2ccccc2)c2ccccc2)C1=O)C(=O)NCC(=O)O.[Br-]. The van der Waals surface area contributed by atoms with Gasteiger partial charge >= 0.3 is 5.97 Å². The number of aliphatic carboxylic acids is 1. The zero-order valence-corrected chi connectivity index (χ0v) is 25.0. The lowest BCUT2D eigenvalue weighted by molar-refractivity contribution is -0.138. The van der Waals surface area contributed by atoms with Crippen LogP contribution >= 0.6 is 19.0 Å². The van der Waals surface area contributed by atoms with Gasteiger partial charge in [-0.25, -0.2) is 0 Å². The molecule has 1 aliphatic heterocycles. The molecule has 1 heterocycles. The Morgan fingerprint density at radius 2 is 1.40 bits per heavy atom. The van der Waals surface area contributed by atoms with E-state index in [1.807, 2.05) is 54.6 Å². The van der Waals surface area contributed by atoms with Crippen LogP contribution < -0.4 is 43.9 Å². The third-order valence-electron chi connectivity index (χ3n) is 6.68. The number of nitrogens with one attached hydrogen (secondary N) is 1. The maximum absolute atomic E-state index is 13.3. The average molecular weight is 645 g/mol. The van der Waals surface area contributed by atoms with Gasteiger partial charge < -0.3 is 33.1 Å². The van der Waals surface area contributed by atoms with Crippen molar-refractivity contribution in [2.24, 2.45) is 5.73 Å². The standard InChI is InChI=1S/C29H30N3O5PS.BrH/c30-24(28(36)31-19-27(34)35)20-39-25-18-26(33)32(29(25)37)16-17-38(21-10-4-1-5-11-21,22-12-6-2-7-13-22)23-14-8-3-9-15-23;/h1-15,24-25H,16-20,30H2,(H-,31,34,35,36);1H/t24-,25?;/m0./s1. The number of nitrogens with zero attached hydrogens (tertiary/aromatic N) is 1. The first kappa shape index (κ1) is 31.5. The number of carbonyl (C=O) groups excluding carboxylic acids is 3. The van der Waals surface area contributed by atoms with Crippen LogP contribution in [0.5, 0.6) is 0 Å². The molecule has 0 bridgehead atoms. The molecular weight excluding hydrogens is 613 g/mol. The maximum atomic E-state index is 13.3. The van der Waals surface area contributed by atoms with Crippen LogP contribution in [0.15, 0.2) is 91.0 Å². The number of hydrogen-bond donors (Lipinski definition) is 3. The quantitative estimate of drug-likeness (QED) is 0.160. The molecule has 1 saturated heterocycles. The topological polar surface area (TPSA) is 130 Å². The minimum atomic E-state index is -2.21. The smallest absolute Gasteiger partial charge is 0.322 e. The number of nitrogens with two attached hydrogens (primary N) is 1. The minimum absolute atomic E-state index is 0. The van der Waals surface area contributed by atoms with Gasteiger partial charge in [-0.1, -0.05) is 54.6 Å². The summed E-state index contributed by atoms with van der Waals surface area (Å²) in [7, 11) is -2.21. The molecular formula is C29H31BrN3O5PS. The summed E-state index contributed by atoms with van der Waals surface area (Å²) in [4.78, 5) is 50.3. The lowest BCUT2D eigenvalue weighted by atomic mass is 10.3. The first-order chi connectivity index (χ1) is 18.8. The van der Waals surface area contributed by atoms with Crippen LogP contribution in [-0.4, -0.2) is 70.0 Å². The molecule has 11 heteroatoms. The van der Waals surface area contributed by atoms with Crippen molar-refractivity contribution in [3.8, 4) is 0 Å². The molecule has 2 atom stereocenters. The van der Waals surface area contributed by atoms with Crippen LogP contribution in [0.4, 0.5) is 0 Å². The van der Waals surface area contributed by atoms with Crippen molar-refractivity contribution < 1.29 is 41.3 Å². The van der Waals surface area contributed by atoms with E-state index in [-0.39, 0.29) is 47.5 Å². The van der Waals surface area contributed by atoms with Gasteiger partial charge in [0.2, 0.25) is 17.7 Å². The average Bonchev–Trinajstić information content (AvgIpc) is 3.24. The first-order valence-corrected chi connectivity index (χ1v) is 15.6. The molecule has 4 rings (SSSR count). The van der Waals surface area contributed by atoms with Gasteiger partial charge in [0.05, 0.1) is 24.0 Å². The van der Waals surface area contributed by atoms with E-state index in [4.69, 9.17) is 10.8 Å². The van der Waals surface area contributed by atoms with Crippen molar-refractivity contribution in [1.29, 1.82) is 0 Å². The normalized spacial score (nSPS) is 15.8. The van der Waals surface area contributed by atoms with Crippen molar-refractivity contribution >= 4 is 58.6 Å². The van der Waals surface area contributed by atoms with E-state index in [0.717, 1.165) is 11.8 Å². The van der Waals surface area contributed by atoms with E-state index in [1.54, 1.807) is 0 Å². The summed E-state index contributed by atoms with van der Waals surface area (Å²) in [6, 6.07) is 29.8. The molecule has 0 radical (unpaired) electrons. The van der Waals surface area contributed by atoms with Crippen LogP contribution in [0, 0.1) is 0 Å². The van der Waals surface area contributed by atoms with E-state index in [0.29, 0.717) is 6.16 Å². The molecule has 40 heavy (non-hydrogen) atoms. The summed E-state index contributed by atoms with van der Waals surface area (Å²) in [5.41, 5.74) is 5.87. The van der Waals surface area contributed by atoms with Gasteiger partial charge in [0, 0.05) is 12.2 Å². The van der Waals surface area contributed by atoms with Gasteiger partial charge in [0.1, 0.15) is 29.7 Å². The molecule has 8 nitrogen and oxygen atoms in total. The molecule has 3 aromatic carbocycles. The Hall–Kier alpha value is -3.04. The Kier molecular flexibility index (Phi) is 11.5. The van der Waals surface area contributed by atoms with E-state index >= 15 is 0 Å². The molecule has 210 valence electrons. The number of amides is 3.